The molecule has 1 saturated heterocycles. The first-order chi connectivity index (χ1) is 17.2. The molecule has 1 aliphatic heterocycles. The van der Waals surface area contributed by atoms with Crippen molar-refractivity contribution in [1.29, 1.82) is 0 Å². The SMILES string of the molecule is COc1ccccc1C1/C(=C(\O)c2cccc(OCC(C)C)c2)C(=O)C(=O)N1c1cc(C)ccc1C. The van der Waals surface area contributed by atoms with E-state index < -0.39 is 17.7 Å². The maximum Gasteiger partial charge on any atom is 0.300 e. The lowest BCUT2D eigenvalue weighted by Gasteiger charge is -2.28. The largest absolute Gasteiger partial charge is 0.507 e. The molecule has 186 valence electrons. The first kappa shape index (κ1) is 25.0. The van der Waals surface area contributed by atoms with E-state index in [1.807, 2.05) is 64.1 Å². The van der Waals surface area contributed by atoms with E-state index in [2.05, 4.69) is 0 Å². The number of rotatable bonds is 7. The summed E-state index contributed by atoms with van der Waals surface area (Å²) in [6, 6.07) is 19.0. The minimum atomic E-state index is -0.873. The minimum absolute atomic E-state index is 0.00594. The highest BCUT2D eigenvalue weighted by atomic mass is 16.5. The van der Waals surface area contributed by atoms with Gasteiger partial charge in [-0.05, 0) is 55.2 Å². The molecule has 0 bridgehead atoms. The van der Waals surface area contributed by atoms with Crippen molar-refractivity contribution in [3.05, 3.63) is 94.6 Å². The summed E-state index contributed by atoms with van der Waals surface area (Å²) in [5.74, 6) is -0.293. The number of aliphatic hydroxyl groups excluding tert-OH is 1. The fraction of sp³-hybridized carbons (Fsp3) is 0.267. The molecule has 6 nitrogen and oxygen atoms in total. The number of nitrogens with zero attached hydrogens (tertiary/aromatic N) is 1. The van der Waals surface area contributed by atoms with Crippen LogP contribution in [0, 0.1) is 19.8 Å². The van der Waals surface area contributed by atoms with Gasteiger partial charge in [-0.3, -0.25) is 14.5 Å². The molecule has 1 atom stereocenters. The quantitative estimate of drug-likeness (QED) is 0.253. The Morgan fingerprint density at radius 1 is 1.00 bits per heavy atom. The lowest BCUT2D eigenvalue weighted by Crippen LogP contribution is -2.30. The van der Waals surface area contributed by atoms with Crippen LogP contribution in [-0.2, 0) is 9.59 Å². The minimum Gasteiger partial charge on any atom is -0.507 e. The zero-order chi connectivity index (χ0) is 26.0. The number of ketones is 1. The van der Waals surface area contributed by atoms with Crippen molar-refractivity contribution in [1.82, 2.24) is 0 Å². The highest BCUT2D eigenvalue weighted by molar-refractivity contribution is 6.51. The number of aliphatic hydroxyl groups is 1. The standard InChI is InChI=1S/C30H31NO5/c1-18(2)17-36-22-10-8-9-21(16-22)28(32)26-27(23-11-6-7-12-25(23)35-5)31(30(34)29(26)33)24-15-19(3)13-14-20(24)4/h6-16,18,27,32H,17H2,1-5H3/b28-26+. The number of Topliss-reactive ketones (excluding diaryl/α,β-unsaturated/α-hetero) is 1. The lowest BCUT2D eigenvalue weighted by molar-refractivity contribution is -0.132. The second kappa shape index (κ2) is 10.3. The summed E-state index contributed by atoms with van der Waals surface area (Å²) in [6.07, 6.45) is 0. The zero-order valence-electron chi connectivity index (χ0n) is 21.2. The molecule has 3 aromatic carbocycles. The van der Waals surface area contributed by atoms with Crippen LogP contribution in [0.5, 0.6) is 11.5 Å². The number of hydrogen-bond donors (Lipinski definition) is 1. The molecule has 1 fully saturated rings. The van der Waals surface area contributed by atoms with Crippen molar-refractivity contribution in [2.75, 3.05) is 18.6 Å². The third-order valence-corrected chi connectivity index (χ3v) is 6.19. The molecule has 0 aromatic heterocycles. The third-order valence-electron chi connectivity index (χ3n) is 6.19. The van der Waals surface area contributed by atoms with Gasteiger partial charge in [-0.2, -0.15) is 0 Å². The molecule has 0 aliphatic carbocycles. The predicted octanol–water partition coefficient (Wildman–Crippen LogP) is 5.97. The van der Waals surface area contributed by atoms with Crippen LogP contribution in [0.3, 0.4) is 0 Å². The molecule has 0 saturated carbocycles. The molecule has 1 aliphatic rings. The number of benzene rings is 3. The maximum atomic E-state index is 13.5. The topological polar surface area (TPSA) is 76.1 Å². The average Bonchev–Trinajstić information content (AvgIpc) is 3.13. The summed E-state index contributed by atoms with van der Waals surface area (Å²) >= 11 is 0. The van der Waals surface area contributed by atoms with Crippen molar-refractivity contribution >= 4 is 23.1 Å². The first-order valence-electron chi connectivity index (χ1n) is 12.0. The summed E-state index contributed by atoms with van der Waals surface area (Å²) < 4.78 is 11.4. The van der Waals surface area contributed by atoms with E-state index in [0.717, 1.165) is 11.1 Å². The van der Waals surface area contributed by atoms with Gasteiger partial charge in [0.1, 0.15) is 17.3 Å². The van der Waals surface area contributed by atoms with Gasteiger partial charge < -0.3 is 14.6 Å². The monoisotopic (exact) mass is 485 g/mol. The predicted molar refractivity (Wildman–Crippen MR) is 140 cm³/mol. The number of carbonyl (C=O) groups is 2. The highest BCUT2D eigenvalue weighted by Gasteiger charge is 2.48. The van der Waals surface area contributed by atoms with Crippen LogP contribution in [-0.4, -0.2) is 30.5 Å². The number of ether oxygens (including phenoxy) is 2. The number of amides is 1. The fourth-order valence-corrected chi connectivity index (χ4v) is 4.40. The maximum absolute atomic E-state index is 13.5. The van der Waals surface area contributed by atoms with Crippen LogP contribution < -0.4 is 14.4 Å². The van der Waals surface area contributed by atoms with Crippen LogP contribution in [0.2, 0.25) is 0 Å². The fourth-order valence-electron chi connectivity index (χ4n) is 4.40. The van der Waals surface area contributed by atoms with Crippen LogP contribution >= 0.6 is 0 Å². The van der Waals surface area contributed by atoms with Crippen molar-refractivity contribution < 1.29 is 24.2 Å². The van der Waals surface area contributed by atoms with E-state index in [4.69, 9.17) is 9.47 Å². The van der Waals surface area contributed by atoms with Crippen LogP contribution in [0.25, 0.3) is 5.76 Å². The average molecular weight is 486 g/mol. The second-order valence-electron chi connectivity index (χ2n) is 9.43. The molecule has 1 unspecified atom stereocenters. The molecule has 36 heavy (non-hydrogen) atoms. The van der Waals surface area contributed by atoms with Gasteiger partial charge in [0.15, 0.2) is 0 Å². The Morgan fingerprint density at radius 3 is 2.47 bits per heavy atom. The van der Waals surface area contributed by atoms with Crippen LogP contribution in [0.1, 0.15) is 42.1 Å². The van der Waals surface area contributed by atoms with Gasteiger partial charge in [-0.25, -0.2) is 0 Å². The zero-order valence-corrected chi connectivity index (χ0v) is 21.2. The van der Waals surface area contributed by atoms with Gasteiger partial charge in [-0.1, -0.05) is 56.3 Å². The Kier molecular flexibility index (Phi) is 7.15. The van der Waals surface area contributed by atoms with Gasteiger partial charge in [0.25, 0.3) is 11.7 Å². The molecule has 0 radical (unpaired) electrons. The number of para-hydroxylation sites is 1. The third kappa shape index (κ3) is 4.71. The first-order valence-corrected chi connectivity index (χ1v) is 12.0. The molecule has 3 aromatic rings. The Morgan fingerprint density at radius 2 is 1.75 bits per heavy atom. The summed E-state index contributed by atoms with van der Waals surface area (Å²) in [5.41, 5.74) is 3.41. The highest BCUT2D eigenvalue weighted by Crippen LogP contribution is 2.45. The van der Waals surface area contributed by atoms with E-state index in [-0.39, 0.29) is 11.3 Å². The number of aryl methyl sites for hydroxylation is 2. The van der Waals surface area contributed by atoms with Crippen molar-refractivity contribution in [2.24, 2.45) is 5.92 Å². The summed E-state index contributed by atoms with van der Waals surface area (Å²) in [4.78, 5) is 28.5. The van der Waals surface area contributed by atoms with Crippen molar-refractivity contribution in [3.63, 3.8) is 0 Å². The van der Waals surface area contributed by atoms with E-state index in [0.29, 0.717) is 40.8 Å². The molecule has 1 amide bonds. The van der Waals surface area contributed by atoms with Crippen molar-refractivity contribution in [2.45, 2.75) is 33.7 Å². The number of methoxy groups -OCH3 is 1. The molecule has 4 rings (SSSR count). The second-order valence-corrected chi connectivity index (χ2v) is 9.43. The molecule has 6 heteroatoms. The Balaban J connectivity index is 1.93. The number of hydrogen-bond acceptors (Lipinski definition) is 5. The lowest BCUT2D eigenvalue weighted by atomic mass is 9.94. The van der Waals surface area contributed by atoms with Gasteiger partial charge >= 0.3 is 0 Å². The van der Waals surface area contributed by atoms with Gasteiger partial charge in [0.2, 0.25) is 0 Å². The molecular weight excluding hydrogens is 454 g/mol. The Labute approximate surface area is 211 Å². The summed E-state index contributed by atoms with van der Waals surface area (Å²) in [7, 11) is 1.54. The van der Waals surface area contributed by atoms with Gasteiger partial charge in [-0.15, -0.1) is 0 Å². The number of carbonyl (C=O) groups excluding carboxylic acids is 2. The molecule has 0 spiro atoms. The van der Waals surface area contributed by atoms with Gasteiger partial charge in [0.05, 0.1) is 25.3 Å². The summed E-state index contributed by atoms with van der Waals surface area (Å²) in [6.45, 7) is 8.43. The smallest absolute Gasteiger partial charge is 0.300 e. The molecule has 1 N–H and O–H groups in total. The Bertz CT molecular complexity index is 1340. The van der Waals surface area contributed by atoms with Crippen LogP contribution in [0.4, 0.5) is 5.69 Å². The van der Waals surface area contributed by atoms with E-state index in [9.17, 15) is 14.7 Å². The molecular formula is C30H31NO5. The molecule has 1 heterocycles. The Hall–Kier alpha value is -4.06. The normalized spacial score (nSPS) is 17.1. The summed E-state index contributed by atoms with van der Waals surface area (Å²) in [5, 5.41) is 11.5. The van der Waals surface area contributed by atoms with Gasteiger partial charge in [0, 0.05) is 16.8 Å². The van der Waals surface area contributed by atoms with Crippen LogP contribution in [0.15, 0.2) is 72.3 Å². The van der Waals surface area contributed by atoms with Crippen molar-refractivity contribution in [3.8, 4) is 11.5 Å². The van der Waals surface area contributed by atoms with E-state index in [1.54, 1.807) is 37.4 Å². The van der Waals surface area contributed by atoms with E-state index >= 15 is 0 Å². The van der Waals surface area contributed by atoms with E-state index in [1.165, 1.54) is 4.90 Å². The number of anilines is 1.